The molecule has 3 aromatic heterocycles. The fourth-order valence-corrected chi connectivity index (χ4v) is 8.96. The van der Waals surface area contributed by atoms with Crippen molar-refractivity contribution in [2.24, 2.45) is 0 Å². The van der Waals surface area contributed by atoms with Crippen LogP contribution in [-0.4, -0.2) is 15.0 Å². The Labute approximate surface area is 400 Å². The van der Waals surface area contributed by atoms with E-state index in [9.17, 15) is 5.26 Å². The SMILES string of the molecule is [2H]C([2H])([2H])c1ccc(-c2[c-]cc(-c3ccccc3-c3cc(CCc4c[c-]c(-c5ccccn5)cc4)cc(CCc4c[c-]c(-c5ccccn5)cc4)c3)c(-c3cc(C#N)c4c(c3)CCC4)c2)nc1.[Ir+3]. The van der Waals surface area contributed by atoms with E-state index in [-0.39, 0.29) is 25.7 Å². The molecule has 0 unspecified atom stereocenters. The molecule has 0 saturated heterocycles. The average molecular weight is 1020 g/mol. The summed E-state index contributed by atoms with van der Waals surface area (Å²) in [5.74, 6) is 0. The van der Waals surface area contributed by atoms with Gasteiger partial charge in [0.2, 0.25) is 0 Å². The van der Waals surface area contributed by atoms with E-state index in [1.54, 1.807) is 12.1 Å². The molecule has 0 bridgehead atoms. The molecule has 4 nitrogen and oxygen atoms in total. The molecule has 0 N–H and O–H groups in total. The minimum Gasteiger partial charge on any atom is -0.305 e. The molecular weight excluding hydrogens is 969 g/mol. The predicted octanol–water partition coefficient (Wildman–Crippen LogP) is 13.5. The minimum atomic E-state index is -2.25. The number of hydrogen-bond donors (Lipinski definition) is 0. The van der Waals surface area contributed by atoms with Crippen molar-refractivity contribution < 1.29 is 24.2 Å². The molecular formula is C60H45IrN4. The van der Waals surface area contributed by atoms with Crippen LogP contribution >= 0.6 is 0 Å². The third-order valence-corrected chi connectivity index (χ3v) is 12.3. The summed E-state index contributed by atoms with van der Waals surface area (Å²) >= 11 is 0. The number of pyridine rings is 3. The van der Waals surface area contributed by atoms with Gasteiger partial charge in [-0.2, -0.15) is 5.26 Å². The van der Waals surface area contributed by atoms with Crippen LogP contribution in [0.2, 0.25) is 0 Å². The molecule has 6 aromatic carbocycles. The van der Waals surface area contributed by atoms with E-state index < -0.39 is 6.85 Å². The standard InChI is InChI=1S/C60H45N4.Ir/c1-41-15-30-60(64-40-41)49-28-29-56(57(38-49)51-36-48-9-8-12-53(48)52(37-51)39-61)55-11-3-2-10-54(55)50-34-44(18-16-42-20-24-46(25-21-42)58-13-4-6-31-62-58)33-45(35-50)19-17-43-22-26-47(27-23-43)59-14-5-7-32-63-59;/h2-7,10-11,13-15,20-24,26,29-38,40H,8-9,12,16-19H2,1H3;/q-3;+3/i1D3;. The Kier molecular flexibility index (Phi) is 12.0. The molecule has 0 spiro atoms. The third-order valence-electron chi connectivity index (χ3n) is 12.3. The van der Waals surface area contributed by atoms with Gasteiger partial charge in [0.1, 0.15) is 0 Å². The Bertz CT molecular complexity index is 3130. The summed E-state index contributed by atoms with van der Waals surface area (Å²) in [6.45, 7) is -2.25. The largest absolute Gasteiger partial charge is 3.00 e. The van der Waals surface area contributed by atoms with Crippen molar-refractivity contribution in [2.45, 2.75) is 51.8 Å². The molecule has 0 aliphatic heterocycles. The molecule has 65 heavy (non-hydrogen) atoms. The molecule has 314 valence electrons. The maximum absolute atomic E-state index is 10.4. The maximum Gasteiger partial charge on any atom is 3.00 e. The van der Waals surface area contributed by atoms with Gasteiger partial charge in [0.15, 0.2) is 0 Å². The number of fused-ring (bicyclic) bond motifs is 1. The van der Waals surface area contributed by atoms with Crippen molar-refractivity contribution in [3.8, 4) is 73.2 Å². The van der Waals surface area contributed by atoms with Gasteiger partial charge in [0.05, 0.1) is 11.6 Å². The normalized spacial score (nSPS) is 12.6. The second-order valence-corrected chi connectivity index (χ2v) is 16.5. The second-order valence-electron chi connectivity index (χ2n) is 16.5. The van der Waals surface area contributed by atoms with Gasteiger partial charge in [-0.15, -0.1) is 94.5 Å². The van der Waals surface area contributed by atoms with Gasteiger partial charge < -0.3 is 15.0 Å². The first kappa shape index (κ1) is 39.5. The van der Waals surface area contributed by atoms with Crippen molar-refractivity contribution in [1.29, 1.82) is 5.26 Å². The number of aryl methyl sites for hydroxylation is 6. The van der Waals surface area contributed by atoms with Crippen molar-refractivity contribution in [3.63, 3.8) is 0 Å². The first-order chi connectivity index (χ1) is 32.8. The van der Waals surface area contributed by atoms with E-state index in [1.165, 1.54) is 34.0 Å². The number of nitrogens with zero attached hydrogens (tertiary/aromatic N) is 4. The molecule has 5 heteroatoms. The zero-order chi connectivity index (χ0) is 45.7. The van der Waals surface area contributed by atoms with Crippen molar-refractivity contribution in [1.82, 2.24) is 15.0 Å². The topological polar surface area (TPSA) is 62.5 Å². The molecule has 10 rings (SSSR count). The summed E-state index contributed by atoms with van der Waals surface area (Å²) in [7, 11) is 0. The molecule has 0 atom stereocenters. The van der Waals surface area contributed by atoms with E-state index in [0.29, 0.717) is 11.3 Å². The number of benzene rings is 6. The molecule has 0 fully saturated rings. The van der Waals surface area contributed by atoms with Crippen molar-refractivity contribution in [3.05, 3.63) is 233 Å². The summed E-state index contributed by atoms with van der Waals surface area (Å²) in [5, 5.41) is 10.4. The molecule has 1 aliphatic rings. The Balaban J connectivity index is 0.00000578. The van der Waals surface area contributed by atoms with Crippen LogP contribution in [0.1, 0.15) is 55.0 Å². The number of aromatic nitrogens is 3. The van der Waals surface area contributed by atoms with Crippen molar-refractivity contribution >= 4 is 0 Å². The fourth-order valence-electron chi connectivity index (χ4n) is 8.96. The summed E-state index contributed by atoms with van der Waals surface area (Å²) < 4.78 is 23.6. The second kappa shape index (κ2) is 19.7. The Morgan fingerprint density at radius 3 is 1.74 bits per heavy atom. The van der Waals surface area contributed by atoms with Gasteiger partial charge >= 0.3 is 20.1 Å². The van der Waals surface area contributed by atoms with Crippen LogP contribution in [0.3, 0.4) is 0 Å². The molecule has 1 aliphatic carbocycles. The first-order valence-corrected chi connectivity index (χ1v) is 21.9. The van der Waals surface area contributed by atoms with E-state index in [2.05, 4.69) is 130 Å². The average Bonchev–Trinajstić information content (AvgIpc) is 3.87. The summed E-state index contributed by atoms with van der Waals surface area (Å²) in [6.07, 6.45) is 11.3. The molecule has 0 radical (unpaired) electrons. The van der Waals surface area contributed by atoms with E-state index in [1.807, 2.05) is 60.9 Å². The molecule has 0 amide bonds. The van der Waals surface area contributed by atoms with Crippen LogP contribution in [-0.2, 0) is 58.6 Å². The number of nitriles is 1. The van der Waals surface area contributed by atoms with Gasteiger partial charge in [-0.05, 0) is 119 Å². The number of rotatable bonds is 12. The van der Waals surface area contributed by atoms with E-state index >= 15 is 0 Å². The van der Waals surface area contributed by atoms with Crippen LogP contribution in [0, 0.1) is 36.4 Å². The van der Waals surface area contributed by atoms with Gasteiger partial charge in [0, 0.05) is 22.7 Å². The fraction of sp³-hybridized carbons (Fsp3) is 0.133. The number of hydrogen-bond acceptors (Lipinski definition) is 4. The van der Waals surface area contributed by atoms with E-state index in [4.69, 9.17) is 4.11 Å². The monoisotopic (exact) mass is 1020 g/mol. The zero-order valence-electron chi connectivity index (χ0n) is 38.7. The van der Waals surface area contributed by atoms with Gasteiger partial charge in [-0.25, -0.2) is 0 Å². The smallest absolute Gasteiger partial charge is 0.305 e. The zero-order valence-corrected chi connectivity index (χ0v) is 38.1. The molecule has 9 aromatic rings. The Morgan fingerprint density at radius 2 is 1.15 bits per heavy atom. The molecule has 3 heterocycles. The summed E-state index contributed by atoms with van der Waals surface area (Å²) in [4.78, 5) is 13.6. The minimum absolute atomic E-state index is 0. The third kappa shape index (κ3) is 9.71. The molecule has 0 saturated carbocycles. The quantitative estimate of drug-likeness (QED) is 0.114. The van der Waals surface area contributed by atoms with E-state index in [0.717, 1.165) is 112 Å². The van der Waals surface area contributed by atoms with Crippen LogP contribution in [0.25, 0.3) is 67.2 Å². The maximum atomic E-state index is 10.4. The predicted molar refractivity (Wildman–Crippen MR) is 258 cm³/mol. The van der Waals surface area contributed by atoms with Crippen LogP contribution in [0.5, 0.6) is 0 Å². The van der Waals surface area contributed by atoms with Crippen LogP contribution in [0.15, 0.2) is 170 Å². The summed E-state index contributed by atoms with van der Waals surface area (Å²) in [6, 6.07) is 64.9. The van der Waals surface area contributed by atoms with Crippen LogP contribution < -0.4 is 0 Å². The van der Waals surface area contributed by atoms with Crippen molar-refractivity contribution in [2.75, 3.05) is 0 Å². The van der Waals surface area contributed by atoms with Gasteiger partial charge in [-0.3, -0.25) is 0 Å². The van der Waals surface area contributed by atoms with Gasteiger partial charge in [0.25, 0.3) is 0 Å². The summed E-state index contributed by atoms with van der Waals surface area (Å²) in [5.41, 5.74) is 19.5. The Hall–Kier alpha value is -7.09. The Morgan fingerprint density at radius 1 is 0.538 bits per heavy atom. The first-order valence-electron chi connectivity index (χ1n) is 23.4. The van der Waals surface area contributed by atoms with Gasteiger partial charge in [-0.1, -0.05) is 114 Å². The van der Waals surface area contributed by atoms with Crippen LogP contribution in [0.4, 0.5) is 0 Å².